The fourth-order valence-corrected chi connectivity index (χ4v) is 14.9. The van der Waals surface area contributed by atoms with Gasteiger partial charge in [0, 0.05) is 106 Å². The number of ether oxygens (including phenoxy) is 6. The first kappa shape index (κ1) is 67.8. The van der Waals surface area contributed by atoms with Crippen LogP contribution in [0.2, 0.25) is 0 Å². The predicted octanol–water partition coefficient (Wildman–Crippen LogP) is 15.6. The molecule has 6 atom stereocenters. The molecule has 2 aliphatic heterocycles. The number of imide groups is 2. The van der Waals surface area contributed by atoms with Crippen molar-refractivity contribution in [2.75, 3.05) is 0 Å². The number of hydrogen-bond donors (Lipinski definition) is 2. The SMILES string of the molecule is C=C(Cl)C(=O)OC1CCCC(NC(=O)C(Cc2ccncc2)N2C(=O)c3cc(Oc4ccccc4)c4c5c(Oc6ccccc6)cc6c7c(cc(Oc8ccccc8)c(c8c(Oc9ccccc9)cc(c3c48)C2=O)c75)C(=O)N(C(Cc2ccncc2)C(=O)NC2CCCC(OC(=O)C(=C)Cl)C2)C6=O)C1. The molecule has 520 valence electrons. The molecular weight excluding hydrogens is 1360 g/mol. The van der Waals surface area contributed by atoms with E-state index < -0.39 is 83.8 Å². The number of fused-ring (bicyclic) bond motifs is 2. The Labute approximate surface area is 605 Å². The predicted molar refractivity (Wildman–Crippen MR) is 389 cm³/mol. The van der Waals surface area contributed by atoms with Crippen LogP contribution >= 0.6 is 23.2 Å². The van der Waals surface area contributed by atoms with Gasteiger partial charge in [0.25, 0.3) is 23.6 Å². The molecule has 0 saturated heterocycles. The fourth-order valence-electron chi connectivity index (χ4n) is 14.8. The number of carbonyl (C=O) groups is 8. The third-order valence-electron chi connectivity index (χ3n) is 19.4. The van der Waals surface area contributed by atoms with Crippen molar-refractivity contribution in [3.8, 4) is 46.0 Å². The molecule has 0 radical (unpaired) electrons. The largest absolute Gasteiger partial charge is 0.458 e. The van der Waals surface area contributed by atoms with Crippen molar-refractivity contribution in [3.63, 3.8) is 0 Å². The van der Waals surface area contributed by atoms with Crippen LogP contribution in [0.1, 0.15) is 104 Å². The van der Waals surface area contributed by atoms with Crippen LogP contribution in [0.5, 0.6) is 46.0 Å². The Bertz CT molecular complexity index is 4750. The second-order valence-electron chi connectivity index (χ2n) is 26.1. The summed E-state index contributed by atoms with van der Waals surface area (Å²) in [5.74, 6) is -4.95. The van der Waals surface area contributed by atoms with Crippen molar-refractivity contribution < 1.29 is 66.8 Å². The second kappa shape index (κ2) is 28.8. The van der Waals surface area contributed by atoms with Crippen molar-refractivity contribution in [1.82, 2.24) is 30.4 Å². The number of aromatic nitrogens is 2. The van der Waals surface area contributed by atoms with E-state index in [1.54, 1.807) is 146 Å². The summed E-state index contributed by atoms with van der Waals surface area (Å²) < 4.78 is 39.8. The van der Waals surface area contributed by atoms with Crippen LogP contribution in [-0.4, -0.2) is 104 Å². The zero-order valence-electron chi connectivity index (χ0n) is 55.7. The molecule has 0 bridgehead atoms. The van der Waals surface area contributed by atoms with E-state index in [0.717, 1.165) is 9.80 Å². The van der Waals surface area contributed by atoms with Crippen LogP contribution < -0.4 is 29.6 Å². The molecule has 6 unspecified atom stereocenters. The maximum absolute atomic E-state index is 16.4. The summed E-state index contributed by atoms with van der Waals surface area (Å²) >= 11 is 11.9. The van der Waals surface area contributed by atoms with Gasteiger partial charge in [-0.05, 0) is 147 Å². The molecule has 11 aromatic rings. The normalized spacial score (nSPS) is 17.7. The van der Waals surface area contributed by atoms with E-state index in [-0.39, 0.29) is 124 Å². The molecule has 104 heavy (non-hydrogen) atoms. The van der Waals surface area contributed by atoms with E-state index in [9.17, 15) is 9.59 Å². The minimum Gasteiger partial charge on any atom is -0.458 e. The number of amides is 6. The van der Waals surface area contributed by atoms with Gasteiger partial charge in [0.05, 0.1) is 22.3 Å². The molecule has 9 aromatic carbocycles. The molecule has 20 nitrogen and oxygen atoms in total. The third-order valence-corrected chi connectivity index (χ3v) is 19.7. The average Bonchev–Trinajstić information content (AvgIpc) is 0.671. The van der Waals surface area contributed by atoms with Crippen molar-refractivity contribution in [2.24, 2.45) is 0 Å². The number of benzene rings is 9. The van der Waals surface area contributed by atoms with Gasteiger partial charge in [-0.15, -0.1) is 0 Å². The molecule has 22 heteroatoms. The second-order valence-corrected chi connectivity index (χ2v) is 27.0. The highest BCUT2D eigenvalue weighted by atomic mass is 35.5. The lowest BCUT2D eigenvalue weighted by Crippen LogP contribution is -2.56. The zero-order valence-corrected chi connectivity index (χ0v) is 57.2. The van der Waals surface area contributed by atoms with Gasteiger partial charge < -0.3 is 39.1 Å². The third kappa shape index (κ3) is 13.2. The Balaban J connectivity index is 0.991. The van der Waals surface area contributed by atoms with Crippen LogP contribution in [0.3, 0.4) is 0 Å². The number of halogens is 2. The molecule has 0 spiro atoms. The van der Waals surface area contributed by atoms with Crippen LogP contribution in [0.15, 0.2) is 218 Å². The number of pyridine rings is 2. The van der Waals surface area contributed by atoms with Gasteiger partial charge in [0.2, 0.25) is 11.8 Å². The summed E-state index contributed by atoms with van der Waals surface area (Å²) in [4.78, 5) is 132. The first-order valence-corrected chi connectivity index (χ1v) is 34.8. The van der Waals surface area contributed by atoms with E-state index in [0.29, 0.717) is 72.6 Å². The topological polar surface area (TPSA) is 248 Å². The summed E-state index contributed by atoms with van der Waals surface area (Å²) in [6.07, 6.45) is 8.17. The minimum atomic E-state index is -1.51. The summed E-state index contributed by atoms with van der Waals surface area (Å²) in [7, 11) is 0. The number of nitrogens with one attached hydrogen (secondary N) is 2. The van der Waals surface area contributed by atoms with Crippen molar-refractivity contribution in [1.29, 1.82) is 0 Å². The summed E-state index contributed by atoms with van der Waals surface area (Å²) in [6.45, 7) is 7.01. The first-order valence-electron chi connectivity index (χ1n) is 34.1. The van der Waals surface area contributed by atoms with E-state index >= 15 is 28.8 Å². The van der Waals surface area contributed by atoms with Crippen LogP contribution in [-0.2, 0) is 41.5 Å². The van der Waals surface area contributed by atoms with Gasteiger partial charge >= 0.3 is 11.9 Å². The van der Waals surface area contributed by atoms with Gasteiger partial charge in [-0.2, -0.15) is 0 Å². The van der Waals surface area contributed by atoms with Crippen molar-refractivity contribution in [2.45, 2.75) is 101 Å². The Kier molecular flexibility index (Phi) is 18.8. The van der Waals surface area contributed by atoms with E-state index in [1.807, 2.05) is 24.3 Å². The Morgan fingerprint density at radius 3 is 0.981 bits per heavy atom. The van der Waals surface area contributed by atoms with E-state index in [2.05, 4.69) is 33.8 Å². The molecule has 4 heterocycles. The standard InChI is InChI=1S/C82H64Cl2N6O14/c1-45(83)81(97)103-55-27-15-17-49(39-55)87-75(91)61(37-47-29-33-85-34-30-47)89-77(93)57-41-63(99-51-19-7-3-8-20-51)69-71-65(101-53-23-11-5-12-24-53)43-59-68-60(80(96)90(79(59)95)62(38-48-31-35-86-36-32-48)76(92)88-50-18-16-28-56(40-50)104-82(98)46(2)84)44-66(102-54-25-13-6-14-26-54)72(74(68)71)70-64(100-52-21-9-4-10-22-52)42-58(78(89)94)67(57)73(69)70/h3-14,19-26,29-36,41-44,49-50,55-56,61-62H,1-2,15-18,27-28,37-40H2,(H,87,91)(H,88,92). The highest BCUT2D eigenvalue weighted by Crippen LogP contribution is 2.58. The highest BCUT2D eigenvalue weighted by molar-refractivity contribution is 6.45. The van der Waals surface area contributed by atoms with Gasteiger partial charge in [-0.3, -0.25) is 48.5 Å². The first-order chi connectivity index (χ1) is 50.5. The molecule has 2 saturated carbocycles. The average molecular weight is 1430 g/mol. The van der Waals surface area contributed by atoms with Gasteiger partial charge in [0.15, 0.2) is 0 Å². The lowest BCUT2D eigenvalue weighted by molar-refractivity contribution is -0.146. The molecule has 6 amide bonds. The molecule has 2 N–H and O–H groups in total. The van der Waals surface area contributed by atoms with Gasteiger partial charge in [-0.25, -0.2) is 9.59 Å². The van der Waals surface area contributed by atoms with Crippen molar-refractivity contribution in [3.05, 3.63) is 251 Å². The maximum atomic E-state index is 16.4. The lowest BCUT2D eigenvalue weighted by atomic mass is 9.80. The number of esters is 2. The quantitative estimate of drug-likeness (QED) is 0.0210. The lowest BCUT2D eigenvalue weighted by Gasteiger charge is -2.37. The highest BCUT2D eigenvalue weighted by Gasteiger charge is 2.47. The maximum Gasteiger partial charge on any atom is 0.349 e. The molecule has 2 aromatic heterocycles. The number of carbonyl (C=O) groups excluding carboxylic acids is 8. The smallest absolute Gasteiger partial charge is 0.349 e. The number of rotatable bonds is 22. The van der Waals surface area contributed by atoms with Crippen molar-refractivity contribution >= 4 is 114 Å². The van der Waals surface area contributed by atoms with E-state index in [1.165, 1.54) is 24.3 Å². The molecular formula is C82H64Cl2N6O14. The molecule has 2 aliphatic carbocycles. The molecule has 2 fully saturated rings. The summed E-state index contributed by atoms with van der Waals surface area (Å²) in [6, 6.07) is 44.0. The Hall–Kier alpha value is -12.0. The summed E-state index contributed by atoms with van der Waals surface area (Å²) in [5.41, 5.74) is 0.946. The molecule has 4 aliphatic rings. The molecule has 15 rings (SSSR count). The monoisotopic (exact) mass is 1430 g/mol. The minimum absolute atomic E-state index is 0.0363. The van der Waals surface area contributed by atoms with Crippen LogP contribution in [0.4, 0.5) is 0 Å². The van der Waals surface area contributed by atoms with Crippen LogP contribution in [0, 0.1) is 0 Å². The van der Waals surface area contributed by atoms with Crippen LogP contribution in [0.25, 0.3) is 43.1 Å². The Morgan fingerprint density at radius 2 is 0.702 bits per heavy atom. The fraction of sp³-hybridized carbons (Fsp3) is 0.195. The number of nitrogens with zero attached hydrogens (tertiary/aromatic N) is 4. The number of hydrogen-bond acceptors (Lipinski definition) is 16. The van der Waals surface area contributed by atoms with E-state index in [4.69, 9.17) is 51.6 Å². The van der Waals surface area contributed by atoms with Gasteiger partial charge in [0.1, 0.15) is 80.4 Å². The Morgan fingerprint density at radius 1 is 0.413 bits per heavy atom. The number of para-hydroxylation sites is 4. The van der Waals surface area contributed by atoms with Gasteiger partial charge in [-0.1, -0.05) is 109 Å². The zero-order chi connectivity index (χ0) is 71.9. The summed E-state index contributed by atoms with van der Waals surface area (Å²) in [5, 5.41) is 7.34.